The number of halogens is 1. The van der Waals surface area contributed by atoms with Crippen LogP contribution in [-0.4, -0.2) is 9.49 Å². The predicted octanol–water partition coefficient (Wildman–Crippen LogP) is 6.11. The summed E-state index contributed by atoms with van der Waals surface area (Å²) in [6.45, 7) is 2.28. The molecule has 0 amide bonds. The van der Waals surface area contributed by atoms with Gasteiger partial charge in [0.15, 0.2) is 0 Å². The number of fused-ring (bicyclic) bond motifs is 1. The first kappa shape index (κ1) is 20.0. The van der Waals surface area contributed by atoms with Crippen LogP contribution in [0.5, 0.6) is 0 Å². The summed E-state index contributed by atoms with van der Waals surface area (Å²) in [5.41, 5.74) is 3.92. The lowest BCUT2D eigenvalue weighted by atomic mass is 10.0. The zero-order valence-corrected chi connectivity index (χ0v) is 16.7. The average Bonchev–Trinajstić information content (AvgIpc) is 3.04. The van der Waals surface area contributed by atoms with E-state index in [1.165, 1.54) is 18.2 Å². The van der Waals surface area contributed by atoms with E-state index in [2.05, 4.69) is 6.07 Å². The normalized spacial score (nSPS) is 11.5. The van der Waals surface area contributed by atoms with Crippen LogP contribution in [0.2, 0.25) is 0 Å². The van der Waals surface area contributed by atoms with Crippen molar-refractivity contribution in [2.24, 2.45) is 0 Å². The number of nitro groups is 1. The molecule has 4 aromatic rings. The number of hydrogen-bond acceptors (Lipinski definition) is 3. The highest BCUT2D eigenvalue weighted by molar-refractivity contribution is 5.99. The van der Waals surface area contributed by atoms with E-state index in [0.717, 1.165) is 22.2 Å². The molecule has 0 saturated heterocycles. The van der Waals surface area contributed by atoms with Crippen molar-refractivity contribution in [2.45, 2.75) is 13.5 Å². The molecule has 0 atom stereocenters. The molecule has 5 nitrogen and oxygen atoms in total. The Kier molecular flexibility index (Phi) is 5.33. The molecule has 0 unspecified atom stereocenters. The number of allylic oxidation sites excluding steroid dienone is 1. The number of aromatic nitrogens is 1. The number of rotatable bonds is 5. The van der Waals surface area contributed by atoms with Crippen LogP contribution in [0.25, 0.3) is 22.6 Å². The number of benzene rings is 3. The van der Waals surface area contributed by atoms with Crippen LogP contribution in [0.1, 0.15) is 22.4 Å². The van der Waals surface area contributed by atoms with Crippen molar-refractivity contribution in [3.8, 4) is 6.07 Å². The van der Waals surface area contributed by atoms with Gasteiger partial charge in [-0.05, 0) is 30.7 Å². The monoisotopic (exact) mass is 411 g/mol. The first-order chi connectivity index (χ1) is 15.0. The summed E-state index contributed by atoms with van der Waals surface area (Å²) >= 11 is 0. The fourth-order valence-corrected chi connectivity index (χ4v) is 3.75. The van der Waals surface area contributed by atoms with Crippen molar-refractivity contribution in [3.05, 3.63) is 111 Å². The van der Waals surface area contributed by atoms with Crippen LogP contribution in [0, 0.1) is 34.2 Å². The van der Waals surface area contributed by atoms with E-state index in [0.29, 0.717) is 23.2 Å². The second-order valence-electron chi connectivity index (χ2n) is 7.17. The number of nitrogens with zero attached hydrogens (tertiary/aromatic N) is 3. The van der Waals surface area contributed by atoms with E-state index in [1.807, 2.05) is 35.8 Å². The molecule has 0 aliphatic rings. The maximum Gasteiger partial charge on any atom is 0.270 e. The molecule has 152 valence electrons. The number of non-ortho nitro benzene ring substituents is 1. The summed E-state index contributed by atoms with van der Waals surface area (Å²) in [4.78, 5) is 10.6. The molecule has 1 heterocycles. The minimum atomic E-state index is -0.482. The Labute approximate surface area is 178 Å². The molecular weight excluding hydrogens is 393 g/mol. The Balaban J connectivity index is 1.87. The molecule has 31 heavy (non-hydrogen) atoms. The molecule has 6 heteroatoms. The Morgan fingerprint density at radius 3 is 2.61 bits per heavy atom. The van der Waals surface area contributed by atoms with Crippen LogP contribution in [0.3, 0.4) is 0 Å². The maximum atomic E-state index is 14.3. The van der Waals surface area contributed by atoms with Gasteiger partial charge in [0.2, 0.25) is 0 Å². The van der Waals surface area contributed by atoms with Gasteiger partial charge in [0.1, 0.15) is 5.82 Å². The zero-order chi connectivity index (χ0) is 22.0. The van der Waals surface area contributed by atoms with Gasteiger partial charge in [-0.3, -0.25) is 10.1 Å². The SMILES string of the molecule is Cc1c(/C=C(/C#N)c2cccc([N+](=O)[O-])c2)c2ccccc2n1Cc1ccccc1F. The van der Waals surface area contributed by atoms with Gasteiger partial charge in [0, 0.05) is 39.9 Å². The first-order valence-electron chi connectivity index (χ1n) is 9.67. The Morgan fingerprint density at radius 1 is 1.13 bits per heavy atom. The van der Waals surface area contributed by atoms with E-state index in [4.69, 9.17) is 0 Å². The van der Waals surface area contributed by atoms with E-state index >= 15 is 0 Å². The standard InChI is InChI=1S/C25H18FN3O2/c1-17-23(14-20(15-27)18-8-6-9-21(13-18)29(30)31)22-10-3-5-12-25(22)28(17)16-19-7-2-4-11-24(19)26/h2-14H,16H2,1H3/b20-14-. The van der Waals surface area contributed by atoms with Gasteiger partial charge < -0.3 is 4.57 Å². The molecule has 1 aromatic heterocycles. The highest BCUT2D eigenvalue weighted by atomic mass is 19.1. The first-order valence-corrected chi connectivity index (χ1v) is 9.67. The van der Waals surface area contributed by atoms with Gasteiger partial charge in [-0.2, -0.15) is 5.26 Å². The summed E-state index contributed by atoms with van der Waals surface area (Å²) < 4.78 is 16.3. The fourth-order valence-electron chi connectivity index (χ4n) is 3.75. The van der Waals surface area contributed by atoms with E-state index in [9.17, 15) is 19.8 Å². The molecule has 0 spiro atoms. The van der Waals surface area contributed by atoms with Gasteiger partial charge in [-0.25, -0.2) is 4.39 Å². The molecule has 0 fully saturated rings. The minimum absolute atomic E-state index is 0.0719. The average molecular weight is 411 g/mol. The fraction of sp³-hybridized carbons (Fsp3) is 0.0800. The Morgan fingerprint density at radius 2 is 1.87 bits per heavy atom. The quantitative estimate of drug-likeness (QED) is 0.226. The number of para-hydroxylation sites is 1. The van der Waals surface area contributed by atoms with Gasteiger partial charge in [-0.1, -0.05) is 48.5 Å². The predicted molar refractivity (Wildman–Crippen MR) is 119 cm³/mol. The van der Waals surface area contributed by atoms with Crippen molar-refractivity contribution in [3.63, 3.8) is 0 Å². The van der Waals surface area contributed by atoms with Gasteiger partial charge in [0.25, 0.3) is 5.69 Å². The third-order valence-corrected chi connectivity index (χ3v) is 5.34. The van der Waals surface area contributed by atoms with E-state index in [1.54, 1.807) is 36.4 Å². The summed E-state index contributed by atoms with van der Waals surface area (Å²) in [6, 6.07) is 22.6. The van der Waals surface area contributed by atoms with Gasteiger partial charge in [0.05, 0.1) is 23.1 Å². The molecule has 0 aliphatic heterocycles. The smallest absolute Gasteiger partial charge is 0.270 e. The highest BCUT2D eigenvalue weighted by Gasteiger charge is 2.16. The largest absolute Gasteiger partial charge is 0.340 e. The van der Waals surface area contributed by atoms with Crippen molar-refractivity contribution in [1.82, 2.24) is 4.57 Å². The van der Waals surface area contributed by atoms with Crippen molar-refractivity contribution in [2.75, 3.05) is 0 Å². The summed E-state index contributed by atoms with van der Waals surface area (Å²) in [5, 5.41) is 21.8. The Bertz CT molecular complexity index is 1380. The van der Waals surface area contributed by atoms with Crippen LogP contribution >= 0.6 is 0 Å². The maximum absolute atomic E-state index is 14.3. The third kappa shape index (κ3) is 3.81. The minimum Gasteiger partial charge on any atom is -0.340 e. The van der Waals surface area contributed by atoms with Crippen molar-refractivity contribution >= 4 is 28.2 Å². The molecule has 0 saturated carbocycles. The second-order valence-corrected chi connectivity index (χ2v) is 7.17. The molecule has 0 radical (unpaired) electrons. The number of nitro benzene ring substituents is 1. The Hall–Kier alpha value is -4.24. The lowest BCUT2D eigenvalue weighted by Gasteiger charge is -2.09. The second kappa shape index (κ2) is 8.25. The lowest BCUT2D eigenvalue weighted by molar-refractivity contribution is -0.384. The van der Waals surface area contributed by atoms with Crippen LogP contribution < -0.4 is 0 Å². The molecule has 0 aliphatic carbocycles. The topological polar surface area (TPSA) is 71.9 Å². The van der Waals surface area contributed by atoms with Crippen molar-refractivity contribution in [1.29, 1.82) is 5.26 Å². The third-order valence-electron chi connectivity index (χ3n) is 5.34. The van der Waals surface area contributed by atoms with E-state index in [-0.39, 0.29) is 11.5 Å². The van der Waals surface area contributed by atoms with Crippen molar-refractivity contribution < 1.29 is 9.31 Å². The van der Waals surface area contributed by atoms with Gasteiger partial charge in [-0.15, -0.1) is 0 Å². The van der Waals surface area contributed by atoms with Crippen LogP contribution in [-0.2, 0) is 6.54 Å². The van der Waals surface area contributed by atoms with Crippen LogP contribution in [0.15, 0.2) is 72.8 Å². The van der Waals surface area contributed by atoms with E-state index < -0.39 is 4.92 Å². The molecule has 3 aromatic carbocycles. The summed E-state index contributed by atoms with van der Waals surface area (Å²) in [7, 11) is 0. The number of nitriles is 1. The zero-order valence-electron chi connectivity index (χ0n) is 16.7. The molecular formula is C25H18FN3O2. The summed E-state index contributed by atoms with van der Waals surface area (Å²) in [5.74, 6) is -0.272. The lowest BCUT2D eigenvalue weighted by Crippen LogP contribution is -2.03. The molecule has 0 bridgehead atoms. The molecule has 4 rings (SSSR count). The summed E-state index contributed by atoms with van der Waals surface area (Å²) in [6.07, 6.45) is 1.74. The highest BCUT2D eigenvalue weighted by Crippen LogP contribution is 2.31. The number of hydrogen-bond donors (Lipinski definition) is 0. The van der Waals surface area contributed by atoms with Gasteiger partial charge >= 0.3 is 0 Å². The molecule has 0 N–H and O–H groups in total. The van der Waals surface area contributed by atoms with Crippen LogP contribution in [0.4, 0.5) is 10.1 Å².